The molecule has 2 saturated heterocycles. The smallest absolute Gasteiger partial charge is 0.237 e. The summed E-state index contributed by atoms with van der Waals surface area (Å²) in [5.74, 6) is 0.115. The van der Waals surface area contributed by atoms with Crippen molar-refractivity contribution in [3.8, 4) is 0 Å². The predicted molar refractivity (Wildman–Crippen MR) is 76.9 cm³/mol. The molecule has 0 aromatic rings. The standard InChI is InChI=1S/C14H28N4O/c1-14(4-6-17(3)7-5-14)10-18-9-11(15)8-12(18)13(19)16-2/h11-12H,4-10,15H2,1-3H3,(H,16,19)/t11-,12+/m1/s1. The molecule has 2 atom stereocenters. The molecule has 0 aliphatic carbocycles. The van der Waals surface area contributed by atoms with Crippen molar-refractivity contribution in [1.29, 1.82) is 0 Å². The van der Waals surface area contributed by atoms with Crippen LogP contribution >= 0.6 is 0 Å². The second-order valence-corrected chi connectivity index (χ2v) is 6.67. The number of nitrogens with zero attached hydrogens (tertiary/aromatic N) is 2. The third kappa shape index (κ3) is 3.46. The van der Waals surface area contributed by atoms with Gasteiger partial charge in [-0.1, -0.05) is 6.92 Å². The van der Waals surface area contributed by atoms with Gasteiger partial charge in [-0.2, -0.15) is 0 Å². The van der Waals surface area contributed by atoms with Gasteiger partial charge in [0.2, 0.25) is 5.91 Å². The summed E-state index contributed by atoms with van der Waals surface area (Å²) in [6.45, 7) is 6.50. The van der Waals surface area contributed by atoms with Crippen LogP contribution in [0.1, 0.15) is 26.2 Å². The van der Waals surface area contributed by atoms with Crippen LogP contribution in [0.25, 0.3) is 0 Å². The molecule has 0 radical (unpaired) electrons. The summed E-state index contributed by atoms with van der Waals surface area (Å²) in [4.78, 5) is 16.6. The molecule has 0 aromatic carbocycles. The average Bonchev–Trinajstić information content (AvgIpc) is 2.73. The fraction of sp³-hybridized carbons (Fsp3) is 0.929. The molecule has 2 heterocycles. The van der Waals surface area contributed by atoms with Crippen LogP contribution in [0, 0.1) is 5.41 Å². The lowest BCUT2D eigenvalue weighted by Gasteiger charge is -2.41. The topological polar surface area (TPSA) is 61.6 Å². The van der Waals surface area contributed by atoms with E-state index < -0.39 is 0 Å². The number of carbonyl (C=O) groups excluding carboxylic acids is 1. The van der Waals surface area contributed by atoms with Gasteiger partial charge >= 0.3 is 0 Å². The maximum absolute atomic E-state index is 12.0. The number of likely N-dealkylation sites (N-methyl/N-ethyl adjacent to an activating group) is 1. The third-order valence-corrected chi connectivity index (χ3v) is 4.76. The number of piperidine rings is 1. The lowest BCUT2D eigenvalue weighted by molar-refractivity contribution is -0.125. The molecule has 0 unspecified atom stereocenters. The first-order chi connectivity index (χ1) is 8.93. The number of amides is 1. The number of likely N-dealkylation sites (tertiary alicyclic amines) is 2. The minimum atomic E-state index is -0.0310. The molecule has 0 spiro atoms. The Morgan fingerprint density at radius 1 is 1.42 bits per heavy atom. The summed E-state index contributed by atoms with van der Waals surface area (Å²) in [6, 6.07) is 0.105. The zero-order valence-corrected chi connectivity index (χ0v) is 12.5. The summed E-state index contributed by atoms with van der Waals surface area (Å²) in [6.07, 6.45) is 3.20. The predicted octanol–water partition coefficient (Wildman–Crippen LogP) is -0.134. The Labute approximate surface area is 116 Å². The summed E-state index contributed by atoms with van der Waals surface area (Å²) >= 11 is 0. The number of nitrogens with two attached hydrogens (primary N) is 1. The second-order valence-electron chi connectivity index (χ2n) is 6.67. The van der Waals surface area contributed by atoms with E-state index in [-0.39, 0.29) is 18.0 Å². The van der Waals surface area contributed by atoms with Gasteiger partial charge in [-0.15, -0.1) is 0 Å². The normalized spacial score (nSPS) is 32.4. The summed E-state index contributed by atoms with van der Waals surface area (Å²) in [7, 11) is 3.89. The average molecular weight is 268 g/mol. The van der Waals surface area contributed by atoms with E-state index in [2.05, 4.69) is 29.1 Å². The molecule has 2 aliphatic rings. The van der Waals surface area contributed by atoms with Gasteiger partial charge in [-0.25, -0.2) is 0 Å². The van der Waals surface area contributed by atoms with Crippen LogP contribution in [0.2, 0.25) is 0 Å². The summed E-state index contributed by atoms with van der Waals surface area (Å²) in [5, 5.41) is 2.77. The minimum absolute atomic E-state index is 0.0310. The van der Waals surface area contributed by atoms with Crippen molar-refractivity contribution in [1.82, 2.24) is 15.1 Å². The molecule has 5 nitrogen and oxygen atoms in total. The van der Waals surface area contributed by atoms with E-state index in [1.54, 1.807) is 7.05 Å². The van der Waals surface area contributed by atoms with Crippen molar-refractivity contribution in [3.63, 3.8) is 0 Å². The van der Waals surface area contributed by atoms with E-state index in [4.69, 9.17) is 5.73 Å². The lowest BCUT2D eigenvalue weighted by atomic mass is 9.80. The van der Waals surface area contributed by atoms with E-state index in [0.29, 0.717) is 5.41 Å². The van der Waals surface area contributed by atoms with Crippen LogP contribution in [0.15, 0.2) is 0 Å². The Bertz CT molecular complexity index is 325. The van der Waals surface area contributed by atoms with Crippen molar-refractivity contribution < 1.29 is 4.79 Å². The van der Waals surface area contributed by atoms with Crippen LogP contribution in [-0.4, -0.2) is 68.1 Å². The minimum Gasteiger partial charge on any atom is -0.358 e. The highest BCUT2D eigenvalue weighted by molar-refractivity contribution is 5.81. The summed E-state index contributed by atoms with van der Waals surface area (Å²) < 4.78 is 0. The van der Waals surface area contributed by atoms with Gasteiger partial charge in [-0.3, -0.25) is 9.69 Å². The van der Waals surface area contributed by atoms with Crippen LogP contribution in [-0.2, 0) is 4.79 Å². The Hall–Kier alpha value is -0.650. The number of nitrogens with one attached hydrogen (secondary N) is 1. The van der Waals surface area contributed by atoms with Crippen molar-refractivity contribution in [2.24, 2.45) is 11.1 Å². The first-order valence-electron chi connectivity index (χ1n) is 7.33. The Morgan fingerprint density at radius 2 is 2.05 bits per heavy atom. The number of rotatable bonds is 3. The molecule has 5 heteroatoms. The van der Waals surface area contributed by atoms with E-state index in [9.17, 15) is 4.79 Å². The highest BCUT2D eigenvalue weighted by Gasteiger charge is 2.39. The Kier molecular flexibility index (Phi) is 4.48. The zero-order chi connectivity index (χ0) is 14.0. The fourth-order valence-corrected chi connectivity index (χ4v) is 3.36. The second kappa shape index (κ2) is 5.77. The molecule has 2 aliphatic heterocycles. The van der Waals surface area contributed by atoms with Gasteiger partial charge in [-0.05, 0) is 44.8 Å². The maximum Gasteiger partial charge on any atom is 0.237 e. The molecule has 2 rings (SSSR count). The molecular formula is C14H28N4O. The van der Waals surface area contributed by atoms with Crippen molar-refractivity contribution in [3.05, 3.63) is 0 Å². The number of carbonyl (C=O) groups is 1. The molecule has 19 heavy (non-hydrogen) atoms. The lowest BCUT2D eigenvalue weighted by Crippen LogP contribution is -2.48. The molecule has 0 saturated carbocycles. The fourth-order valence-electron chi connectivity index (χ4n) is 3.36. The summed E-state index contributed by atoms with van der Waals surface area (Å²) in [5.41, 5.74) is 6.37. The quantitative estimate of drug-likeness (QED) is 0.748. The Balaban J connectivity index is 1.98. The first-order valence-corrected chi connectivity index (χ1v) is 7.33. The van der Waals surface area contributed by atoms with Crippen LogP contribution in [0.5, 0.6) is 0 Å². The van der Waals surface area contributed by atoms with E-state index in [0.717, 1.165) is 32.6 Å². The van der Waals surface area contributed by atoms with E-state index in [1.165, 1.54) is 12.8 Å². The molecule has 0 bridgehead atoms. The molecular weight excluding hydrogens is 240 g/mol. The third-order valence-electron chi connectivity index (χ3n) is 4.76. The zero-order valence-electron chi connectivity index (χ0n) is 12.5. The largest absolute Gasteiger partial charge is 0.358 e. The van der Waals surface area contributed by atoms with Gasteiger partial charge in [0.1, 0.15) is 0 Å². The van der Waals surface area contributed by atoms with Crippen LogP contribution < -0.4 is 11.1 Å². The molecule has 3 N–H and O–H groups in total. The van der Waals surface area contributed by atoms with Crippen LogP contribution in [0.3, 0.4) is 0 Å². The monoisotopic (exact) mass is 268 g/mol. The van der Waals surface area contributed by atoms with Crippen molar-refractivity contribution in [2.75, 3.05) is 40.3 Å². The molecule has 110 valence electrons. The SMILES string of the molecule is CNC(=O)[C@@H]1C[C@@H](N)CN1CC1(C)CCN(C)CC1. The first kappa shape index (κ1) is 14.8. The van der Waals surface area contributed by atoms with Crippen LogP contribution in [0.4, 0.5) is 0 Å². The van der Waals surface area contributed by atoms with E-state index in [1.807, 2.05) is 0 Å². The highest BCUT2D eigenvalue weighted by atomic mass is 16.2. The number of hydrogen-bond donors (Lipinski definition) is 2. The molecule has 2 fully saturated rings. The van der Waals surface area contributed by atoms with Gasteiger partial charge < -0.3 is 16.0 Å². The van der Waals surface area contributed by atoms with Gasteiger partial charge in [0.25, 0.3) is 0 Å². The molecule has 1 amide bonds. The highest BCUT2D eigenvalue weighted by Crippen LogP contribution is 2.33. The van der Waals surface area contributed by atoms with E-state index >= 15 is 0 Å². The maximum atomic E-state index is 12.0. The Morgan fingerprint density at radius 3 is 2.63 bits per heavy atom. The van der Waals surface area contributed by atoms with Crippen molar-refractivity contribution in [2.45, 2.75) is 38.3 Å². The van der Waals surface area contributed by atoms with Gasteiger partial charge in [0.15, 0.2) is 0 Å². The van der Waals surface area contributed by atoms with Crippen molar-refractivity contribution >= 4 is 5.91 Å². The molecule has 0 aromatic heterocycles. The van der Waals surface area contributed by atoms with Gasteiger partial charge in [0, 0.05) is 26.2 Å². The van der Waals surface area contributed by atoms with Gasteiger partial charge in [0.05, 0.1) is 6.04 Å². The number of hydrogen-bond acceptors (Lipinski definition) is 4.